The summed E-state index contributed by atoms with van der Waals surface area (Å²) >= 11 is 0. The van der Waals surface area contributed by atoms with Crippen LogP contribution < -0.4 is 11.5 Å². The largest absolute Gasteiger partial charge is 0.350 e. The molecule has 1 heterocycles. The number of carbonyl (C=O) groups excluding carboxylic acids is 1. The number of hydroxylamine groups is 2. The van der Waals surface area contributed by atoms with Crippen LogP contribution in [0.5, 0.6) is 0 Å². The van der Waals surface area contributed by atoms with Crippen LogP contribution in [0.4, 0.5) is 4.79 Å². The third kappa shape index (κ3) is 3.39. The minimum absolute atomic E-state index is 0.111. The Hall–Kier alpha value is -2.38. The summed E-state index contributed by atoms with van der Waals surface area (Å²) in [5, 5.41) is 14.1. The second-order valence-electron chi connectivity index (χ2n) is 4.98. The molecule has 1 unspecified atom stereocenters. The molecule has 2 rings (SSSR count). The Balaban J connectivity index is 2.22. The molecule has 112 valence electrons. The number of primary amides is 1. The first-order valence-electron chi connectivity index (χ1n) is 6.53. The van der Waals surface area contributed by atoms with E-state index in [1.54, 1.807) is 4.68 Å². The van der Waals surface area contributed by atoms with Gasteiger partial charge in [-0.1, -0.05) is 17.7 Å². The number of carbonyl (C=O) groups is 1. The molecule has 7 nitrogen and oxygen atoms in total. The number of benzene rings is 1. The number of urea groups is 1. The number of nitrogens with two attached hydrogens (primary N) is 2. The fourth-order valence-corrected chi connectivity index (χ4v) is 2.00. The highest BCUT2D eigenvalue weighted by Crippen LogP contribution is 2.16. The zero-order valence-electron chi connectivity index (χ0n) is 12.0. The molecule has 7 heteroatoms. The van der Waals surface area contributed by atoms with Crippen LogP contribution in [0.15, 0.2) is 30.3 Å². The van der Waals surface area contributed by atoms with Gasteiger partial charge in [-0.05, 0) is 32.0 Å². The van der Waals surface area contributed by atoms with Crippen LogP contribution in [0, 0.1) is 13.8 Å². The first kappa shape index (κ1) is 15.0. The number of amides is 2. The van der Waals surface area contributed by atoms with Crippen molar-refractivity contribution < 1.29 is 10.0 Å². The molecule has 1 atom stereocenters. The summed E-state index contributed by atoms with van der Waals surface area (Å²) in [4.78, 5) is 10.8. The fraction of sp³-hybridized carbons (Fsp3) is 0.286. The van der Waals surface area contributed by atoms with Crippen molar-refractivity contribution in [1.82, 2.24) is 14.8 Å². The van der Waals surface area contributed by atoms with Crippen molar-refractivity contribution in [2.24, 2.45) is 11.5 Å². The van der Waals surface area contributed by atoms with E-state index in [2.05, 4.69) is 5.10 Å². The van der Waals surface area contributed by atoms with Crippen LogP contribution >= 0.6 is 0 Å². The SMILES string of the molecule is Cc1ccc(-n2nc(C(N)CN(O)C(N)=O)cc2C)cc1. The highest BCUT2D eigenvalue weighted by molar-refractivity contribution is 5.70. The lowest BCUT2D eigenvalue weighted by atomic mass is 10.2. The van der Waals surface area contributed by atoms with Gasteiger partial charge in [0.05, 0.1) is 24.0 Å². The molecule has 2 amide bonds. The number of hydrogen-bond donors (Lipinski definition) is 3. The van der Waals surface area contributed by atoms with E-state index in [4.69, 9.17) is 11.5 Å². The molecule has 1 aromatic carbocycles. The van der Waals surface area contributed by atoms with Crippen LogP contribution in [0.1, 0.15) is 23.0 Å². The standard InChI is InChI=1S/C14H19N5O2/c1-9-3-5-11(6-4-9)19-10(2)7-13(17-19)12(15)8-18(21)14(16)20/h3-7,12,21H,8,15H2,1-2H3,(H2,16,20). The zero-order valence-corrected chi connectivity index (χ0v) is 12.0. The van der Waals surface area contributed by atoms with Gasteiger partial charge in [-0.25, -0.2) is 14.5 Å². The number of rotatable bonds is 4. The molecule has 0 saturated heterocycles. The number of nitrogens with zero attached hydrogens (tertiary/aromatic N) is 3. The Bertz CT molecular complexity index is 635. The van der Waals surface area contributed by atoms with Gasteiger partial charge in [-0.2, -0.15) is 5.10 Å². The van der Waals surface area contributed by atoms with Crippen LogP contribution in [0.2, 0.25) is 0 Å². The summed E-state index contributed by atoms with van der Waals surface area (Å²) in [6.07, 6.45) is 0. The molecule has 0 fully saturated rings. The van der Waals surface area contributed by atoms with E-state index < -0.39 is 12.1 Å². The monoisotopic (exact) mass is 289 g/mol. The molecule has 0 bridgehead atoms. The van der Waals surface area contributed by atoms with Crippen molar-refractivity contribution in [3.8, 4) is 5.69 Å². The van der Waals surface area contributed by atoms with E-state index in [0.717, 1.165) is 16.9 Å². The van der Waals surface area contributed by atoms with E-state index in [0.29, 0.717) is 10.8 Å². The third-order valence-electron chi connectivity index (χ3n) is 3.19. The lowest BCUT2D eigenvalue weighted by Gasteiger charge is -2.15. The maximum Gasteiger partial charge on any atom is 0.338 e. The average molecular weight is 289 g/mol. The highest BCUT2D eigenvalue weighted by Gasteiger charge is 2.17. The minimum Gasteiger partial charge on any atom is -0.350 e. The molecule has 0 aliphatic heterocycles. The number of hydrogen-bond acceptors (Lipinski definition) is 4. The Kier molecular flexibility index (Phi) is 4.25. The quantitative estimate of drug-likeness (QED) is 0.581. The van der Waals surface area contributed by atoms with Gasteiger partial charge in [0.15, 0.2) is 0 Å². The van der Waals surface area contributed by atoms with Crippen LogP contribution in [0.25, 0.3) is 5.69 Å². The summed E-state index contributed by atoms with van der Waals surface area (Å²) in [7, 11) is 0. The van der Waals surface area contributed by atoms with Gasteiger partial charge in [0.25, 0.3) is 0 Å². The van der Waals surface area contributed by atoms with Crippen LogP contribution in [-0.2, 0) is 0 Å². The molecule has 5 N–H and O–H groups in total. The Morgan fingerprint density at radius 1 is 1.38 bits per heavy atom. The molecular weight excluding hydrogens is 270 g/mol. The molecular formula is C14H19N5O2. The van der Waals surface area contributed by atoms with Gasteiger partial charge >= 0.3 is 6.03 Å². The summed E-state index contributed by atoms with van der Waals surface area (Å²) in [5.41, 5.74) is 14.5. The van der Waals surface area contributed by atoms with E-state index in [1.807, 2.05) is 44.2 Å². The first-order valence-corrected chi connectivity index (χ1v) is 6.53. The van der Waals surface area contributed by atoms with Gasteiger partial charge in [0.1, 0.15) is 0 Å². The molecule has 21 heavy (non-hydrogen) atoms. The summed E-state index contributed by atoms with van der Waals surface area (Å²) in [5.74, 6) is 0. The molecule has 2 aromatic rings. The number of aromatic nitrogens is 2. The van der Waals surface area contributed by atoms with E-state index >= 15 is 0 Å². The predicted molar refractivity (Wildman–Crippen MR) is 78.0 cm³/mol. The van der Waals surface area contributed by atoms with Crippen molar-refractivity contribution in [3.05, 3.63) is 47.3 Å². The maximum absolute atomic E-state index is 10.8. The predicted octanol–water partition coefficient (Wildman–Crippen LogP) is 1.26. The first-order chi connectivity index (χ1) is 9.88. The summed E-state index contributed by atoms with van der Waals surface area (Å²) in [6, 6.07) is 8.18. The van der Waals surface area contributed by atoms with E-state index in [-0.39, 0.29) is 6.54 Å². The summed E-state index contributed by atoms with van der Waals surface area (Å²) < 4.78 is 1.76. The van der Waals surface area contributed by atoms with Gasteiger partial charge in [0, 0.05) is 5.69 Å². The zero-order chi connectivity index (χ0) is 15.6. The van der Waals surface area contributed by atoms with Gasteiger partial charge in [-0.15, -0.1) is 0 Å². The second-order valence-corrected chi connectivity index (χ2v) is 4.98. The normalized spacial score (nSPS) is 12.2. The minimum atomic E-state index is -0.944. The van der Waals surface area contributed by atoms with Crippen molar-refractivity contribution in [3.63, 3.8) is 0 Å². The van der Waals surface area contributed by atoms with Crippen LogP contribution in [0.3, 0.4) is 0 Å². The Labute approximate surface area is 122 Å². The van der Waals surface area contributed by atoms with Gasteiger partial charge in [-0.3, -0.25) is 5.21 Å². The van der Waals surface area contributed by atoms with Crippen molar-refractivity contribution in [2.45, 2.75) is 19.9 Å². The lowest BCUT2D eigenvalue weighted by molar-refractivity contribution is -0.0437. The molecule has 0 saturated carbocycles. The molecule has 0 aliphatic carbocycles. The molecule has 1 aromatic heterocycles. The smallest absolute Gasteiger partial charge is 0.338 e. The van der Waals surface area contributed by atoms with Crippen molar-refractivity contribution >= 4 is 6.03 Å². The van der Waals surface area contributed by atoms with E-state index in [9.17, 15) is 10.0 Å². The Morgan fingerprint density at radius 2 is 2.00 bits per heavy atom. The molecule has 0 spiro atoms. The second kappa shape index (κ2) is 5.94. The highest BCUT2D eigenvalue weighted by atomic mass is 16.5. The van der Waals surface area contributed by atoms with Crippen LogP contribution in [-0.4, -0.2) is 32.6 Å². The fourth-order valence-electron chi connectivity index (χ4n) is 2.00. The van der Waals surface area contributed by atoms with Gasteiger partial charge in [0.2, 0.25) is 0 Å². The van der Waals surface area contributed by atoms with Crippen molar-refractivity contribution in [2.75, 3.05) is 6.54 Å². The lowest BCUT2D eigenvalue weighted by Crippen LogP contribution is -2.38. The topological polar surface area (TPSA) is 110 Å². The number of aryl methyl sites for hydroxylation is 2. The molecule has 0 aliphatic rings. The van der Waals surface area contributed by atoms with Gasteiger partial charge < -0.3 is 11.5 Å². The van der Waals surface area contributed by atoms with E-state index in [1.165, 1.54) is 0 Å². The molecule has 0 radical (unpaired) electrons. The third-order valence-corrected chi connectivity index (χ3v) is 3.19. The van der Waals surface area contributed by atoms with Crippen molar-refractivity contribution in [1.29, 1.82) is 0 Å². The Morgan fingerprint density at radius 3 is 2.57 bits per heavy atom. The summed E-state index contributed by atoms with van der Waals surface area (Å²) in [6.45, 7) is 3.81. The maximum atomic E-state index is 10.8. The average Bonchev–Trinajstić information content (AvgIpc) is 2.81.